The van der Waals surface area contributed by atoms with Crippen LogP contribution in [0.1, 0.15) is 17.3 Å². The number of benzene rings is 1. The number of amides is 1. The average Bonchev–Trinajstić information content (AvgIpc) is 2.48. The maximum atomic E-state index is 14.0. The summed E-state index contributed by atoms with van der Waals surface area (Å²) in [7, 11) is 0. The number of piperazine rings is 1. The van der Waals surface area contributed by atoms with Crippen molar-refractivity contribution in [1.29, 1.82) is 0 Å². The normalized spacial score (nSPS) is 17.6. The van der Waals surface area contributed by atoms with Crippen LogP contribution in [0.5, 0.6) is 0 Å². The quantitative estimate of drug-likeness (QED) is 0.823. The summed E-state index contributed by atoms with van der Waals surface area (Å²) >= 11 is 8.09. The number of carbonyl (C=O) groups excluding carboxylic acids is 1. The summed E-state index contributed by atoms with van der Waals surface area (Å²) in [5.74, 6) is -0.794. The first-order valence-corrected chi connectivity index (χ1v) is 7.88. The van der Waals surface area contributed by atoms with E-state index >= 15 is 0 Å². The van der Waals surface area contributed by atoms with Crippen molar-refractivity contribution in [3.8, 4) is 0 Å². The molecule has 1 fully saturated rings. The number of halogens is 2. The SMILES string of the molecule is CC(C(N)=S)N1CCN(C(=O)c2cccc(Br)c2F)CC1. The first-order chi connectivity index (χ1) is 9.91. The Balaban J connectivity index is 2.04. The number of carbonyl (C=O) groups is 1. The summed E-state index contributed by atoms with van der Waals surface area (Å²) in [5.41, 5.74) is 5.74. The summed E-state index contributed by atoms with van der Waals surface area (Å²) < 4.78 is 14.3. The van der Waals surface area contributed by atoms with E-state index in [-0.39, 0.29) is 17.5 Å². The average molecular weight is 374 g/mol. The summed E-state index contributed by atoms with van der Waals surface area (Å²) in [6.45, 7) is 4.39. The fourth-order valence-electron chi connectivity index (χ4n) is 2.33. The second-order valence-electron chi connectivity index (χ2n) is 5.01. The van der Waals surface area contributed by atoms with Crippen molar-refractivity contribution < 1.29 is 9.18 Å². The van der Waals surface area contributed by atoms with Gasteiger partial charge in [0.05, 0.1) is 21.1 Å². The molecule has 4 nitrogen and oxygen atoms in total. The molecule has 114 valence electrons. The van der Waals surface area contributed by atoms with E-state index in [0.29, 0.717) is 35.6 Å². The first-order valence-electron chi connectivity index (χ1n) is 6.68. The van der Waals surface area contributed by atoms with Gasteiger partial charge >= 0.3 is 0 Å². The molecule has 1 aliphatic rings. The molecular weight excluding hydrogens is 357 g/mol. The molecule has 1 aliphatic heterocycles. The third-order valence-electron chi connectivity index (χ3n) is 3.74. The van der Waals surface area contributed by atoms with Crippen LogP contribution >= 0.6 is 28.1 Å². The molecule has 1 unspecified atom stereocenters. The lowest BCUT2D eigenvalue weighted by molar-refractivity contribution is 0.0617. The van der Waals surface area contributed by atoms with Crippen LogP contribution in [0.15, 0.2) is 22.7 Å². The Labute approximate surface area is 137 Å². The summed E-state index contributed by atoms with van der Waals surface area (Å²) in [4.78, 5) is 16.6. The van der Waals surface area contributed by atoms with Crippen LogP contribution in [0.4, 0.5) is 4.39 Å². The minimum Gasteiger partial charge on any atom is -0.392 e. The topological polar surface area (TPSA) is 49.6 Å². The van der Waals surface area contributed by atoms with Crippen LogP contribution < -0.4 is 5.73 Å². The molecule has 0 saturated carbocycles. The molecular formula is C14H17BrFN3OS. The van der Waals surface area contributed by atoms with Crippen molar-refractivity contribution in [3.05, 3.63) is 34.1 Å². The fourth-order valence-corrected chi connectivity index (χ4v) is 2.85. The number of thiocarbonyl (C=S) groups is 1. The highest BCUT2D eigenvalue weighted by molar-refractivity contribution is 9.10. The first kappa shape index (κ1) is 16.3. The maximum absolute atomic E-state index is 14.0. The molecule has 0 spiro atoms. The predicted octanol–water partition coefficient (Wildman–Crippen LogP) is 2.02. The number of nitrogens with two attached hydrogens (primary N) is 1. The summed E-state index contributed by atoms with van der Waals surface area (Å²) in [5, 5.41) is 0. The second-order valence-corrected chi connectivity index (χ2v) is 6.33. The van der Waals surface area contributed by atoms with Gasteiger partial charge in [-0.2, -0.15) is 0 Å². The van der Waals surface area contributed by atoms with Gasteiger partial charge in [0.1, 0.15) is 5.82 Å². The van der Waals surface area contributed by atoms with Gasteiger partial charge in [-0.05, 0) is 35.0 Å². The van der Waals surface area contributed by atoms with Gasteiger partial charge in [0.15, 0.2) is 0 Å². The van der Waals surface area contributed by atoms with Gasteiger partial charge in [-0.15, -0.1) is 0 Å². The van der Waals surface area contributed by atoms with Crippen LogP contribution in [-0.2, 0) is 0 Å². The second kappa shape index (κ2) is 6.81. The van der Waals surface area contributed by atoms with Crippen molar-refractivity contribution >= 4 is 39.0 Å². The van der Waals surface area contributed by atoms with E-state index in [1.807, 2.05) is 6.92 Å². The van der Waals surface area contributed by atoms with Crippen molar-refractivity contribution in [2.75, 3.05) is 26.2 Å². The number of hydrogen-bond acceptors (Lipinski definition) is 3. The van der Waals surface area contributed by atoms with Crippen LogP contribution in [0, 0.1) is 5.82 Å². The third kappa shape index (κ3) is 3.59. The van der Waals surface area contributed by atoms with Gasteiger partial charge in [-0.3, -0.25) is 9.69 Å². The van der Waals surface area contributed by atoms with E-state index in [9.17, 15) is 9.18 Å². The molecule has 1 aromatic rings. The zero-order valence-corrected chi connectivity index (χ0v) is 14.1. The smallest absolute Gasteiger partial charge is 0.256 e. The Hall–Kier alpha value is -1.05. The highest BCUT2D eigenvalue weighted by Gasteiger charge is 2.27. The van der Waals surface area contributed by atoms with Gasteiger partial charge in [-0.25, -0.2) is 4.39 Å². The Morgan fingerprint density at radius 3 is 2.57 bits per heavy atom. The van der Waals surface area contributed by atoms with E-state index in [1.54, 1.807) is 17.0 Å². The molecule has 0 aliphatic carbocycles. The van der Waals surface area contributed by atoms with E-state index in [0.717, 1.165) is 0 Å². The van der Waals surface area contributed by atoms with Gasteiger partial charge in [0, 0.05) is 26.2 Å². The van der Waals surface area contributed by atoms with E-state index in [4.69, 9.17) is 18.0 Å². The molecule has 2 N–H and O–H groups in total. The van der Waals surface area contributed by atoms with Crippen molar-refractivity contribution in [3.63, 3.8) is 0 Å². The molecule has 1 heterocycles. The maximum Gasteiger partial charge on any atom is 0.256 e. The lowest BCUT2D eigenvalue weighted by Gasteiger charge is -2.37. The highest BCUT2D eigenvalue weighted by Crippen LogP contribution is 2.20. The lowest BCUT2D eigenvalue weighted by Crippen LogP contribution is -2.54. The van der Waals surface area contributed by atoms with Crippen LogP contribution in [0.25, 0.3) is 0 Å². The van der Waals surface area contributed by atoms with Crippen LogP contribution in [0.2, 0.25) is 0 Å². The lowest BCUT2D eigenvalue weighted by atomic mass is 10.1. The van der Waals surface area contributed by atoms with Crippen LogP contribution in [0.3, 0.4) is 0 Å². The molecule has 1 saturated heterocycles. The number of hydrogen-bond donors (Lipinski definition) is 1. The zero-order chi connectivity index (χ0) is 15.6. The van der Waals surface area contributed by atoms with Gasteiger partial charge < -0.3 is 10.6 Å². The van der Waals surface area contributed by atoms with Gasteiger partial charge in [0.2, 0.25) is 0 Å². The zero-order valence-electron chi connectivity index (χ0n) is 11.7. The number of rotatable bonds is 3. The van der Waals surface area contributed by atoms with Crippen molar-refractivity contribution in [2.24, 2.45) is 5.73 Å². The van der Waals surface area contributed by atoms with Crippen molar-refractivity contribution in [2.45, 2.75) is 13.0 Å². The molecule has 7 heteroatoms. The van der Waals surface area contributed by atoms with Crippen molar-refractivity contribution in [1.82, 2.24) is 9.80 Å². The van der Waals surface area contributed by atoms with E-state index in [1.165, 1.54) is 6.07 Å². The molecule has 1 aromatic carbocycles. The van der Waals surface area contributed by atoms with Gasteiger partial charge in [-0.1, -0.05) is 18.3 Å². The predicted molar refractivity (Wildman–Crippen MR) is 87.8 cm³/mol. The van der Waals surface area contributed by atoms with E-state index < -0.39 is 5.82 Å². The molecule has 1 atom stereocenters. The molecule has 0 bridgehead atoms. The van der Waals surface area contributed by atoms with Gasteiger partial charge in [0.25, 0.3) is 5.91 Å². The largest absolute Gasteiger partial charge is 0.392 e. The van der Waals surface area contributed by atoms with Crippen LogP contribution in [-0.4, -0.2) is 52.9 Å². The molecule has 2 rings (SSSR count). The fraction of sp³-hybridized carbons (Fsp3) is 0.429. The third-order valence-corrected chi connectivity index (χ3v) is 4.70. The molecule has 1 amide bonds. The summed E-state index contributed by atoms with van der Waals surface area (Å²) in [6.07, 6.45) is 0. The minimum absolute atomic E-state index is 0.0138. The standard InChI is InChI=1S/C14H17BrFN3OS/c1-9(13(17)21)18-5-7-19(8-6-18)14(20)10-3-2-4-11(15)12(10)16/h2-4,9H,5-8H2,1H3,(H2,17,21). The monoisotopic (exact) mass is 373 g/mol. The number of nitrogens with zero attached hydrogens (tertiary/aromatic N) is 2. The Morgan fingerprint density at radius 2 is 2.00 bits per heavy atom. The Morgan fingerprint density at radius 1 is 1.38 bits per heavy atom. The summed E-state index contributed by atoms with van der Waals surface area (Å²) in [6, 6.07) is 4.76. The highest BCUT2D eigenvalue weighted by atomic mass is 79.9. The Kier molecular flexibility index (Phi) is 5.29. The van der Waals surface area contributed by atoms with E-state index in [2.05, 4.69) is 20.8 Å². The molecule has 21 heavy (non-hydrogen) atoms. The molecule has 0 aromatic heterocycles. The minimum atomic E-state index is -0.513. The Bertz CT molecular complexity index is 561. The molecule has 0 radical (unpaired) electrons.